The lowest BCUT2D eigenvalue weighted by atomic mass is 9.96. The van der Waals surface area contributed by atoms with Gasteiger partial charge in [-0.15, -0.1) is 0 Å². The van der Waals surface area contributed by atoms with Gasteiger partial charge in [0.2, 0.25) is 5.91 Å². The number of nitrogens with one attached hydrogen (secondary N) is 5. The van der Waals surface area contributed by atoms with Crippen LogP contribution < -0.4 is 31.1 Å². The molecular formula is C45H51N11O5. The number of hydrogen-bond donors (Lipinski definition) is 6. The van der Waals surface area contributed by atoms with Crippen molar-refractivity contribution >= 4 is 45.9 Å². The van der Waals surface area contributed by atoms with Gasteiger partial charge in [-0.2, -0.15) is 4.98 Å². The van der Waals surface area contributed by atoms with Crippen molar-refractivity contribution in [1.29, 1.82) is 0 Å². The molecule has 6 N–H and O–H groups in total. The molecule has 3 aromatic heterocycles. The van der Waals surface area contributed by atoms with Crippen LogP contribution in [0.2, 0.25) is 0 Å². The van der Waals surface area contributed by atoms with Crippen molar-refractivity contribution in [2.75, 3.05) is 54.4 Å². The van der Waals surface area contributed by atoms with Gasteiger partial charge in [-0.1, -0.05) is 50.2 Å². The van der Waals surface area contributed by atoms with Crippen LogP contribution in [-0.2, 0) is 23.4 Å². The van der Waals surface area contributed by atoms with E-state index in [-0.39, 0.29) is 36.4 Å². The molecule has 61 heavy (non-hydrogen) atoms. The first-order valence-electron chi connectivity index (χ1n) is 20.7. The van der Waals surface area contributed by atoms with Crippen LogP contribution >= 0.6 is 0 Å². The number of carbonyl (C=O) groups is 3. The van der Waals surface area contributed by atoms with Crippen molar-refractivity contribution in [2.24, 2.45) is 5.92 Å². The van der Waals surface area contributed by atoms with Gasteiger partial charge >= 0.3 is 17.8 Å². The van der Waals surface area contributed by atoms with E-state index in [2.05, 4.69) is 87.7 Å². The van der Waals surface area contributed by atoms with E-state index in [0.29, 0.717) is 35.9 Å². The molecule has 0 unspecified atom stereocenters. The number of aromatic amines is 1. The number of piperidine rings is 1. The number of fused-ring (bicyclic) bond motifs is 1. The smallest absolute Gasteiger partial charge is 0.328 e. The third-order valence-electron chi connectivity index (χ3n) is 11.3. The second-order valence-corrected chi connectivity index (χ2v) is 16.6. The maximum absolute atomic E-state index is 12.7. The van der Waals surface area contributed by atoms with Crippen LogP contribution in [0.1, 0.15) is 67.7 Å². The molecule has 3 aromatic carbocycles. The SMILES string of the molecule is CC(C)(C)c1noc(C(=O)NCc2ccc(-c3ncnc4[nH]c(-c5ccc(NCCNCC6CCN(c7ccc(N8CCC(=O)NC8=O)cc7)CC6)cc5)cc34)cc2CO)n1. The third-order valence-corrected chi connectivity index (χ3v) is 11.3. The molecule has 16 heteroatoms. The molecular weight excluding hydrogens is 775 g/mol. The first-order chi connectivity index (χ1) is 29.5. The van der Waals surface area contributed by atoms with Crippen LogP contribution in [0.25, 0.3) is 33.5 Å². The summed E-state index contributed by atoms with van der Waals surface area (Å²) in [6.07, 6.45) is 4.06. The summed E-state index contributed by atoms with van der Waals surface area (Å²) in [6.45, 7) is 10.8. The quantitative estimate of drug-likeness (QED) is 0.0726. The van der Waals surface area contributed by atoms with Crippen molar-refractivity contribution in [3.63, 3.8) is 0 Å². The average molecular weight is 826 g/mol. The molecule has 2 saturated heterocycles. The molecule has 6 aromatic rings. The first kappa shape index (κ1) is 41.1. The predicted molar refractivity (Wildman–Crippen MR) is 233 cm³/mol. The van der Waals surface area contributed by atoms with E-state index >= 15 is 0 Å². The van der Waals surface area contributed by atoms with Crippen LogP contribution in [0, 0.1) is 5.92 Å². The van der Waals surface area contributed by atoms with Gasteiger partial charge in [-0.05, 0) is 90.5 Å². The van der Waals surface area contributed by atoms with Gasteiger partial charge in [0, 0.05) is 84.8 Å². The normalized spacial score (nSPS) is 15.0. The lowest BCUT2D eigenvalue weighted by molar-refractivity contribution is -0.120. The molecule has 0 radical (unpaired) electrons. The van der Waals surface area contributed by atoms with Crippen LogP contribution in [0.3, 0.4) is 0 Å². The van der Waals surface area contributed by atoms with Gasteiger partial charge in [-0.3, -0.25) is 19.8 Å². The summed E-state index contributed by atoms with van der Waals surface area (Å²) in [5.74, 6) is 0.255. The van der Waals surface area contributed by atoms with Gasteiger partial charge in [0.05, 0.1) is 12.3 Å². The number of aromatic nitrogens is 5. The van der Waals surface area contributed by atoms with Gasteiger partial charge < -0.3 is 35.5 Å². The number of imide groups is 1. The minimum absolute atomic E-state index is 0.104. The van der Waals surface area contributed by atoms with Crippen molar-refractivity contribution < 1.29 is 24.0 Å². The van der Waals surface area contributed by atoms with Crippen molar-refractivity contribution in [1.82, 2.24) is 41.0 Å². The summed E-state index contributed by atoms with van der Waals surface area (Å²) in [6, 6.07) is 23.7. The number of nitrogens with zero attached hydrogens (tertiary/aromatic N) is 6. The Morgan fingerprint density at radius 2 is 1.66 bits per heavy atom. The minimum Gasteiger partial charge on any atom is -0.392 e. The Bertz CT molecular complexity index is 2500. The topological polar surface area (TPSA) is 207 Å². The molecule has 4 amide bonds. The maximum Gasteiger partial charge on any atom is 0.328 e. The predicted octanol–water partition coefficient (Wildman–Crippen LogP) is 5.76. The van der Waals surface area contributed by atoms with E-state index in [1.54, 1.807) is 4.90 Å². The molecule has 2 fully saturated rings. The number of aliphatic hydroxyl groups is 1. The fourth-order valence-electron chi connectivity index (χ4n) is 7.71. The fourth-order valence-corrected chi connectivity index (χ4v) is 7.71. The Morgan fingerprint density at radius 3 is 2.38 bits per heavy atom. The highest BCUT2D eigenvalue weighted by molar-refractivity contribution is 6.05. The Kier molecular flexibility index (Phi) is 12.1. The number of carbonyl (C=O) groups excluding carboxylic acids is 3. The Balaban J connectivity index is 0.796. The van der Waals surface area contributed by atoms with Crippen molar-refractivity contribution in [3.8, 4) is 22.5 Å². The van der Waals surface area contributed by atoms with Crippen molar-refractivity contribution in [3.05, 3.63) is 102 Å². The molecule has 0 aliphatic carbocycles. The van der Waals surface area contributed by atoms with Gasteiger partial charge in [0.15, 0.2) is 5.82 Å². The molecule has 316 valence electrons. The molecule has 0 atom stereocenters. The number of benzene rings is 3. The number of rotatable bonds is 14. The second kappa shape index (κ2) is 17.9. The largest absolute Gasteiger partial charge is 0.392 e. The monoisotopic (exact) mass is 825 g/mol. The zero-order chi connectivity index (χ0) is 42.5. The molecule has 5 heterocycles. The summed E-state index contributed by atoms with van der Waals surface area (Å²) in [5.41, 5.74) is 8.23. The molecule has 2 aliphatic heterocycles. The van der Waals surface area contributed by atoms with E-state index in [4.69, 9.17) is 4.52 Å². The van der Waals surface area contributed by atoms with Gasteiger partial charge in [0.1, 0.15) is 12.0 Å². The van der Waals surface area contributed by atoms with Crippen molar-refractivity contribution in [2.45, 2.75) is 58.6 Å². The zero-order valence-corrected chi connectivity index (χ0v) is 34.6. The summed E-state index contributed by atoms with van der Waals surface area (Å²) >= 11 is 0. The number of H-pyrrole nitrogens is 1. The molecule has 8 rings (SSSR count). The van der Waals surface area contributed by atoms with Gasteiger partial charge in [-0.25, -0.2) is 14.8 Å². The lowest BCUT2D eigenvalue weighted by Gasteiger charge is -2.34. The molecule has 0 spiro atoms. The highest BCUT2D eigenvalue weighted by atomic mass is 16.5. The summed E-state index contributed by atoms with van der Waals surface area (Å²) in [5, 5.41) is 27.4. The highest BCUT2D eigenvalue weighted by Gasteiger charge is 2.26. The van der Waals surface area contributed by atoms with Crippen LogP contribution in [0.5, 0.6) is 0 Å². The van der Waals surface area contributed by atoms with E-state index in [1.807, 2.05) is 57.2 Å². The Hall–Kier alpha value is -6.65. The molecule has 0 bridgehead atoms. The average Bonchev–Trinajstić information content (AvgIpc) is 3.96. The summed E-state index contributed by atoms with van der Waals surface area (Å²) < 4.78 is 5.17. The molecule has 16 nitrogen and oxygen atoms in total. The Labute approximate surface area is 353 Å². The standard InChI is InChI=1S/C45H51N11O5/c1-45(2,3)43-53-42(61-54-43)41(59)48-25-31-5-4-30(22-32(31)26-57)39-36-23-37(51-40(36)50-27-49-39)29-6-8-33(9-7-29)47-18-17-46-24-28-14-19-55(20-15-28)34-10-12-35(13-11-34)56-21-16-38(58)52-44(56)60/h4-13,22-23,27-28,46-47,57H,14-21,24-26H2,1-3H3,(H,48,59)(H,49,50,51)(H,52,58,60). The Morgan fingerprint density at radius 1 is 0.902 bits per heavy atom. The fraction of sp³-hybridized carbons (Fsp3) is 0.356. The zero-order valence-electron chi connectivity index (χ0n) is 34.6. The van der Waals surface area contributed by atoms with E-state index in [0.717, 1.165) is 96.1 Å². The van der Waals surface area contributed by atoms with Gasteiger partial charge in [0.25, 0.3) is 0 Å². The van der Waals surface area contributed by atoms with E-state index in [1.165, 1.54) is 6.33 Å². The summed E-state index contributed by atoms with van der Waals surface area (Å²) in [4.78, 5) is 57.2. The van der Waals surface area contributed by atoms with E-state index < -0.39 is 5.91 Å². The molecule has 2 aliphatic rings. The van der Waals surface area contributed by atoms with Crippen LogP contribution in [-0.4, -0.2) is 87.3 Å². The maximum atomic E-state index is 12.7. The highest BCUT2D eigenvalue weighted by Crippen LogP contribution is 2.32. The number of amides is 4. The second-order valence-electron chi connectivity index (χ2n) is 16.6. The number of hydrogen-bond acceptors (Lipinski definition) is 12. The lowest BCUT2D eigenvalue weighted by Crippen LogP contribution is -2.49. The number of anilines is 3. The number of urea groups is 1. The minimum atomic E-state index is -0.483. The first-order valence-corrected chi connectivity index (χ1v) is 20.7. The van der Waals surface area contributed by atoms with E-state index in [9.17, 15) is 19.5 Å². The van der Waals surface area contributed by atoms with Crippen LogP contribution in [0.4, 0.5) is 21.9 Å². The molecule has 0 saturated carbocycles. The van der Waals surface area contributed by atoms with Crippen LogP contribution in [0.15, 0.2) is 83.6 Å². The third kappa shape index (κ3) is 9.55. The number of aliphatic hydroxyl groups excluding tert-OH is 1. The summed E-state index contributed by atoms with van der Waals surface area (Å²) in [7, 11) is 0.